The highest BCUT2D eigenvalue weighted by molar-refractivity contribution is 7.10. The Hall–Kier alpha value is -2.16. The summed E-state index contributed by atoms with van der Waals surface area (Å²) >= 11 is 1.50. The van der Waals surface area contributed by atoms with E-state index in [4.69, 9.17) is 0 Å². The lowest BCUT2D eigenvalue weighted by Gasteiger charge is -2.27. The van der Waals surface area contributed by atoms with Gasteiger partial charge < -0.3 is 9.47 Å². The highest BCUT2D eigenvalue weighted by Crippen LogP contribution is 2.29. The van der Waals surface area contributed by atoms with Gasteiger partial charge in [0.1, 0.15) is 0 Å². The Balaban J connectivity index is 1.72. The lowest BCUT2D eigenvalue weighted by Crippen LogP contribution is -2.38. The van der Waals surface area contributed by atoms with Crippen molar-refractivity contribution in [3.8, 4) is 0 Å². The van der Waals surface area contributed by atoms with Crippen LogP contribution in [0.1, 0.15) is 16.5 Å². The molecule has 9 heteroatoms. The summed E-state index contributed by atoms with van der Waals surface area (Å²) in [5.41, 5.74) is 0. The number of fused-ring (bicyclic) bond motifs is 1. The van der Waals surface area contributed by atoms with Crippen LogP contribution in [0.5, 0.6) is 0 Å². The minimum absolute atomic E-state index is 0.0245. The van der Waals surface area contributed by atoms with Gasteiger partial charge in [-0.1, -0.05) is 6.07 Å². The minimum Gasteiger partial charge on any atom is -0.330 e. The molecule has 0 bridgehead atoms. The zero-order valence-electron chi connectivity index (χ0n) is 11.2. The summed E-state index contributed by atoms with van der Waals surface area (Å²) in [5, 5.41) is 8.62. The second kappa shape index (κ2) is 5.56. The maximum absolute atomic E-state index is 12.7. The molecule has 1 aliphatic heterocycles. The number of alkyl halides is 3. The van der Waals surface area contributed by atoms with E-state index in [9.17, 15) is 18.0 Å². The Labute approximate surface area is 127 Å². The Morgan fingerprint density at radius 2 is 2.14 bits per heavy atom. The molecule has 0 saturated heterocycles. The monoisotopic (exact) mass is 328 g/mol. The fraction of sp³-hybridized carbons (Fsp3) is 0.308. The van der Waals surface area contributed by atoms with Crippen LogP contribution < -0.4 is 0 Å². The van der Waals surface area contributed by atoms with E-state index in [0.29, 0.717) is 0 Å². The van der Waals surface area contributed by atoms with Crippen LogP contribution in [-0.4, -0.2) is 32.1 Å². The van der Waals surface area contributed by atoms with E-state index >= 15 is 0 Å². The number of halogens is 3. The van der Waals surface area contributed by atoms with Crippen molar-refractivity contribution in [2.75, 3.05) is 6.54 Å². The third kappa shape index (κ3) is 2.89. The second-order valence-electron chi connectivity index (χ2n) is 4.70. The predicted molar refractivity (Wildman–Crippen MR) is 73.8 cm³/mol. The molecule has 0 fully saturated rings. The summed E-state index contributed by atoms with van der Waals surface area (Å²) in [6.07, 6.45) is -1.42. The molecule has 3 heterocycles. The van der Waals surface area contributed by atoms with Crippen LogP contribution in [0.25, 0.3) is 6.08 Å². The average molecular weight is 328 g/mol. The van der Waals surface area contributed by atoms with Crippen LogP contribution in [0.15, 0.2) is 23.6 Å². The number of hydrogen-bond acceptors (Lipinski definition) is 4. The van der Waals surface area contributed by atoms with Gasteiger partial charge >= 0.3 is 6.18 Å². The zero-order valence-corrected chi connectivity index (χ0v) is 12.1. The van der Waals surface area contributed by atoms with Gasteiger partial charge in [-0.2, -0.15) is 13.2 Å². The van der Waals surface area contributed by atoms with Crippen LogP contribution in [0, 0.1) is 0 Å². The van der Waals surface area contributed by atoms with Gasteiger partial charge in [0.15, 0.2) is 5.82 Å². The molecule has 0 aliphatic carbocycles. The summed E-state index contributed by atoms with van der Waals surface area (Å²) < 4.78 is 39.2. The third-order valence-electron chi connectivity index (χ3n) is 3.25. The smallest absolute Gasteiger partial charge is 0.330 e. The number of aromatic nitrogens is 3. The van der Waals surface area contributed by atoms with Gasteiger partial charge in [0.25, 0.3) is 0 Å². The van der Waals surface area contributed by atoms with Gasteiger partial charge in [0.05, 0.1) is 6.54 Å². The number of hydrogen-bond donors (Lipinski definition) is 0. The van der Waals surface area contributed by atoms with Crippen molar-refractivity contribution in [2.24, 2.45) is 0 Å². The normalized spacial score (nSPS) is 15.3. The van der Waals surface area contributed by atoms with Crippen molar-refractivity contribution < 1.29 is 18.0 Å². The largest absolute Gasteiger partial charge is 0.451 e. The first-order valence-corrected chi connectivity index (χ1v) is 7.33. The first-order valence-electron chi connectivity index (χ1n) is 6.45. The van der Waals surface area contributed by atoms with Gasteiger partial charge in [0.2, 0.25) is 11.7 Å². The van der Waals surface area contributed by atoms with Gasteiger partial charge in [-0.3, -0.25) is 4.79 Å². The standard InChI is InChI=1S/C13H11F3N4OS/c14-13(15,16)12-18-17-10-8-19(5-6-20(10)12)11(21)4-3-9-2-1-7-22-9/h1-4,7H,5-6,8H2/b4-3+. The summed E-state index contributed by atoms with van der Waals surface area (Å²) in [5.74, 6) is -1.11. The Bertz CT molecular complexity index is 705. The number of carbonyl (C=O) groups excluding carboxylic acids is 1. The average Bonchev–Trinajstić information content (AvgIpc) is 3.12. The molecule has 0 N–H and O–H groups in total. The minimum atomic E-state index is -4.53. The van der Waals surface area contributed by atoms with Crippen LogP contribution in [0.3, 0.4) is 0 Å². The predicted octanol–water partition coefficient (Wildman–Crippen LogP) is 2.41. The number of rotatable bonds is 2. The summed E-state index contributed by atoms with van der Waals surface area (Å²) in [7, 11) is 0. The molecule has 0 aromatic carbocycles. The van der Waals surface area contributed by atoms with Gasteiger partial charge in [0, 0.05) is 24.0 Å². The number of carbonyl (C=O) groups is 1. The molecule has 5 nitrogen and oxygen atoms in total. The number of amides is 1. The van der Waals surface area contributed by atoms with E-state index in [0.717, 1.165) is 9.44 Å². The topological polar surface area (TPSA) is 51.0 Å². The highest BCUT2D eigenvalue weighted by Gasteiger charge is 2.39. The third-order valence-corrected chi connectivity index (χ3v) is 4.09. The first kappa shape index (κ1) is 14.8. The Kier molecular flexibility index (Phi) is 3.73. The Morgan fingerprint density at radius 1 is 1.32 bits per heavy atom. The van der Waals surface area contributed by atoms with Crippen molar-refractivity contribution in [1.82, 2.24) is 19.7 Å². The maximum Gasteiger partial charge on any atom is 0.451 e. The molecule has 0 saturated carbocycles. The van der Waals surface area contributed by atoms with E-state index in [1.165, 1.54) is 22.3 Å². The van der Waals surface area contributed by atoms with E-state index in [2.05, 4.69) is 10.2 Å². The fourth-order valence-corrected chi connectivity index (χ4v) is 2.82. The molecular formula is C13H11F3N4OS. The van der Waals surface area contributed by atoms with E-state index in [-0.39, 0.29) is 31.4 Å². The second-order valence-corrected chi connectivity index (χ2v) is 5.68. The quantitative estimate of drug-likeness (QED) is 0.796. The van der Waals surface area contributed by atoms with Gasteiger partial charge in [-0.25, -0.2) is 0 Å². The summed E-state index contributed by atoms with van der Waals surface area (Å²) in [4.78, 5) is 14.5. The number of nitrogens with zero attached hydrogens (tertiary/aromatic N) is 4. The lowest BCUT2D eigenvalue weighted by atomic mass is 10.3. The van der Waals surface area contributed by atoms with Crippen molar-refractivity contribution in [3.63, 3.8) is 0 Å². The van der Waals surface area contributed by atoms with Crippen molar-refractivity contribution in [1.29, 1.82) is 0 Å². The SMILES string of the molecule is O=C(/C=C/c1cccs1)N1CCn2c(nnc2C(F)(F)F)C1. The molecule has 3 rings (SSSR count). The summed E-state index contributed by atoms with van der Waals surface area (Å²) in [6.45, 7) is 0.258. The van der Waals surface area contributed by atoms with Gasteiger partial charge in [-0.15, -0.1) is 21.5 Å². The fourth-order valence-electron chi connectivity index (χ4n) is 2.20. The molecule has 0 radical (unpaired) electrons. The molecule has 0 spiro atoms. The molecule has 0 unspecified atom stereocenters. The van der Waals surface area contributed by atoms with Crippen LogP contribution >= 0.6 is 11.3 Å². The highest BCUT2D eigenvalue weighted by atomic mass is 32.1. The lowest BCUT2D eigenvalue weighted by molar-refractivity contribution is -0.148. The van der Waals surface area contributed by atoms with Crippen molar-refractivity contribution in [2.45, 2.75) is 19.3 Å². The molecule has 22 heavy (non-hydrogen) atoms. The van der Waals surface area contributed by atoms with E-state index < -0.39 is 12.0 Å². The molecule has 2 aromatic heterocycles. The summed E-state index contributed by atoms with van der Waals surface area (Å²) in [6, 6.07) is 3.74. The molecule has 116 valence electrons. The van der Waals surface area contributed by atoms with Gasteiger partial charge in [-0.05, 0) is 17.5 Å². The maximum atomic E-state index is 12.7. The first-order chi connectivity index (χ1) is 10.4. The van der Waals surface area contributed by atoms with E-state index in [1.54, 1.807) is 6.08 Å². The molecule has 1 amide bonds. The van der Waals surface area contributed by atoms with Crippen LogP contribution in [-0.2, 0) is 24.1 Å². The zero-order chi connectivity index (χ0) is 15.7. The van der Waals surface area contributed by atoms with Crippen molar-refractivity contribution in [3.05, 3.63) is 40.1 Å². The molecule has 0 atom stereocenters. The van der Waals surface area contributed by atoms with Crippen LogP contribution in [0.4, 0.5) is 13.2 Å². The molecule has 1 aliphatic rings. The molecular weight excluding hydrogens is 317 g/mol. The Morgan fingerprint density at radius 3 is 2.82 bits per heavy atom. The molecule has 2 aromatic rings. The van der Waals surface area contributed by atoms with Crippen LogP contribution in [0.2, 0.25) is 0 Å². The van der Waals surface area contributed by atoms with Crippen molar-refractivity contribution >= 4 is 23.3 Å². The number of thiophene rings is 1. The van der Waals surface area contributed by atoms with E-state index in [1.807, 2.05) is 17.5 Å².